The topological polar surface area (TPSA) is 40.1 Å². The van der Waals surface area contributed by atoms with Crippen LogP contribution in [0.1, 0.15) is 43.7 Å². The largest absolute Gasteiger partial charge is 0.545 e. The van der Waals surface area contributed by atoms with E-state index in [1.165, 1.54) is 24.8 Å². The van der Waals surface area contributed by atoms with Gasteiger partial charge in [0.2, 0.25) is 0 Å². The number of unbranched alkanes of at least 4 members (excludes halogenated alkanes) is 3. The summed E-state index contributed by atoms with van der Waals surface area (Å²) in [5, 5.41) is 10.4. The van der Waals surface area contributed by atoms with E-state index in [2.05, 4.69) is 13.0 Å². The molecule has 0 aliphatic heterocycles. The minimum atomic E-state index is -1.15. The molecule has 0 atom stereocenters. The fraction of sp³-hybridized carbons (Fsp3) is 0.400. The summed E-state index contributed by atoms with van der Waals surface area (Å²) in [6.45, 7) is 2.19. The van der Waals surface area contributed by atoms with E-state index in [9.17, 15) is 9.90 Å². The molecule has 17 heavy (non-hydrogen) atoms. The Labute approximate surface area is 103 Å². The van der Waals surface area contributed by atoms with Crippen molar-refractivity contribution in [2.24, 2.45) is 0 Å². The summed E-state index contributed by atoms with van der Waals surface area (Å²) < 4.78 is 0. The van der Waals surface area contributed by atoms with Gasteiger partial charge in [0, 0.05) is 0 Å². The van der Waals surface area contributed by atoms with Crippen LogP contribution in [0.25, 0.3) is 6.08 Å². The first kappa shape index (κ1) is 13.5. The highest BCUT2D eigenvalue weighted by Gasteiger charge is 1.98. The molecule has 2 heteroatoms. The second-order valence-corrected chi connectivity index (χ2v) is 4.16. The third-order valence-corrected chi connectivity index (χ3v) is 2.75. The van der Waals surface area contributed by atoms with Crippen LogP contribution in [0.5, 0.6) is 0 Å². The number of hydrogen-bond donors (Lipinski definition) is 0. The van der Waals surface area contributed by atoms with Gasteiger partial charge in [0.1, 0.15) is 0 Å². The highest BCUT2D eigenvalue weighted by molar-refractivity contribution is 5.83. The molecule has 0 spiro atoms. The molecule has 0 heterocycles. The van der Waals surface area contributed by atoms with Gasteiger partial charge in [0.05, 0.1) is 5.97 Å². The van der Waals surface area contributed by atoms with Gasteiger partial charge in [-0.1, -0.05) is 56.5 Å². The quantitative estimate of drug-likeness (QED) is 0.534. The molecule has 0 aromatic heterocycles. The highest BCUT2D eigenvalue weighted by atomic mass is 16.4. The van der Waals surface area contributed by atoms with Crippen molar-refractivity contribution in [3.63, 3.8) is 0 Å². The van der Waals surface area contributed by atoms with Crippen molar-refractivity contribution in [1.29, 1.82) is 0 Å². The molecule has 0 aliphatic carbocycles. The van der Waals surface area contributed by atoms with Crippen LogP contribution >= 0.6 is 0 Å². The van der Waals surface area contributed by atoms with Crippen molar-refractivity contribution in [1.82, 2.24) is 0 Å². The Hall–Kier alpha value is -1.57. The maximum Gasteiger partial charge on any atom is 0.0643 e. The van der Waals surface area contributed by atoms with Crippen molar-refractivity contribution < 1.29 is 9.90 Å². The number of benzene rings is 1. The summed E-state index contributed by atoms with van der Waals surface area (Å²) in [6.07, 6.45) is 8.59. The molecule has 1 aromatic rings. The van der Waals surface area contributed by atoms with E-state index >= 15 is 0 Å². The van der Waals surface area contributed by atoms with Crippen LogP contribution in [-0.2, 0) is 11.2 Å². The van der Waals surface area contributed by atoms with E-state index in [1.807, 2.05) is 18.2 Å². The summed E-state index contributed by atoms with van der Waals surface area (Å²) in [4.78, 5) is 10.4. The number of aliphatic carboxylic acids is 1. The number of hydrogen-bond acceptors (Lipinski definition) is 2. The Bertz CT molecular complexity index is 380. The fourth-order valence-electron chi connectivity index (χ4n) is 1.82. The van der Waals surface area contributed by atoms with Crippen molar-refractivity contribution >= 4 is 12.0 Å². The van der Waals surface area contributed by atoms with Gasteiger partial charge in [0.25, 0.3) is 0 Å². The number of carbonyl (C=O) groups is 1. The first-order chi connectivity index (χ1) is 8.24. The number of rotatable bonds is 7. The number of aryl methyl sites for hydroxylation is 1. The van der Waals surface area contributed by atoms with E-state index < -0.39 is 5.97 Å². The lowest BCUT2D eigenvalue weighted by Crippen LogP contribution is -2.18. The first-order valence-corrected chi connectivity index (χ1v) is 6.21. The van der Waals surface area contributed by atoms with Crippen molar-refractivity contribution in [3.05, 3.63) is 41.5 Å². The summed E-state index contributed by atoms with van der Waals surface area (Å²) >= 11 is 0. The Balaban J connectivity index is 2.61. The summed E-state index contributed by atoms with van der Waals surface area (Å²) in [5.74, 6) is -1.15. The molecule has 0 bridgehead atoms. The maximum atomic E-state index is 10.4. The van der Waals surface area contributed by atoms with Crippen LogP contribution in [0.3, 0.4) is 0 Å². The molecule has 0 N–H and O–H groups in total. The molecule has 0 aliphatic rings. The van der Waals surface area contributed by atoms with Crippen LogP contribution in [-0.4, -0.2) is 5.97 Å². The highest BCUT2D eigenvalue weighted by Crippen LogP contribution is 2.14. The van der Waals surface area contributed by atoms with Crippen molar-refractivity contribution in [2.45, 2.75) is 39.0 Å². The third-order valence-electron chi connectivity index (χ3n) is 2.75. The number of carboxylic acid groups (broad SMARTS) is 1. The molecule has 1 rings (SSSR count). The van der Waals surface area contributed by atoms with Crippen LogP contribution in [0.2, 0.25) is 0 Å². The minimum Gasteiger partial charge on any atom is -0.545 e. The van der Waals surface area contributed by atoms with Gasteiger partial charge in [0.15, 0.2) is 0 Å². The van der Waals surface area contributed by atoms with Gasteiger partial charge in [-0.25, -0.2) is 0 Å². The zero-order chi connectivity index (χ0) is 12.5. The van der Waals surface area contributed by atoms with Gasteiger partial charge in [-0.2, -0.15) is 0 Å². The second kappa shape index (κ2) is 7.66. The molecular formula is C15H19O2-. The zero-order valence-corrected chi connectivity index (χ0v) is 10.3. The molecule has 0 amide bonds. The first-order valence-electron chi connectivity index (χ1n) is 6.21. The maximum absolute atomic E-state index is 10.4. The normalized spacial score (nSPS) is 10.9. The molecule has 0 saturated heterocycles. The van der Waals surface area contributed by atoms with Crippen molar-refractivity contribution in [2.75, 3.05) is 0 Å². The van der Waals surface area contributed by atoms with E-state index in [0.717, 1.165) is 24.5 Å². The molecule has 0 fully saturated rings. The van der Waals surface area contributed by atoms with Crippen LogP contribution in [0.15, 0.2) is 30.3 Å². The standard InChI is InChI=1S/C15H20O2/c1-2-3-4-5-8-13-9-6-7-10-14(13)11-12-15(16)17/h6-7,9-12H,2-5,8H2,1H3,(H,16,17)/p-1/b12-11+. The van der Waals surface area contributed by atoms with Gasteiger partial charge < -0.3 is 9.90 Å². The number of carboxylic acids is 1. The fourth-order valence-corrected chi connectivity index (χ4v) is 1.82. The van der Waals surface area contributed by atoms with Gasteiger partial charge >= 0.3 is 0 Å². The van der Waals surface area contributed by atoms with Gasteiger partial charge in [-0.3, -0.25) is 0 Å². The smallest absolute Gasteiger partial charge is 0.0643 e. The second-order valence-electron chi connectivity index (χ2n) is 4.16. The summed E-state index contributed by atoms with van der Waals surface area (Å²) in [5.41, 5.74) is 2.19. The molecule has 0 radical (unpaired) electrons. The van der Waals surface area contributed by atoms with E-state index in [4.69, 9.17) is 0 Å². The zero-order valence-electron chi connectivity index (χ0n) is 10.3. The molecule has 92 valence electrons. The Kier molecular flexibility index (Phi) is 6.08. The molecule has 1 aromatic carbocycles. The minimum absolute atomic E-state index is 0.980. The summed E-state index contributed by atoms with van der Waals surface area (Å²) in [7, 11) is 0. The molecule has 0 unspecified atom stereocenters. The van der Waals surface area contributed by atoms with Crippen LogP contribution < -0.4 is 5.11 Å². The Morgan fingerprint density at radius 3 is 2.71 bits per heavy atom. The average Bonchev–Trinajstić information content (AvgIpc) is 2.33. The Morgan fingerprint density at radius 1 is 1.24 bits per heavy atom. The average molecular weight is 231 g/mol. The van der Waals surface area contributed by atoms with Crippen molar-refractivity contribution in [3.8, 4) is 0 Å². The predicted molar refractivity (Wildman–Crippen MR) is 68.3 cm³/mol. The number of carbonyl (C=O) groups excluding carboxylic acids is 1. The monoisotopic (exact) mass is 231 g/mol. The lowest BCUT2D eigenvalue weighted by Gasteiger charge is -2.05. The molecule has 0 saturated carbocycles. The van der Waals surface area contributed by atoms with E-state index in [0.29, 0.717) is 0 Å². The van der Waals surface area contributed by atoms with Crippen LogP contribution in [0, 0.1) is 0 Å². The lowest BCUT2D eigenvalue weighted by molar-refractivity contribution is -0.297. The Morgan fingerprint density at radius 2 is 2.00 bits per heavy atom. The lowest BCUT2D eigenvalue weighted by atomic mass is 10.0. The van der Waals surface area contributed by atoms with Gasteiger partial charge in [-0.05, 0) is 30.0 Å². The molecular weight excluding hydrogens is 212 g/mol. The van der Waals surface area contributed by atoms with Crippen LogP contribution in [0.4, 0.5) is 0 Å². The predicted octanol–water partition coefficient (Wildman–Crippen LogP) is 2.57. The van der Waals surface area contributed by atoms with E-state index in [-0.39, 0.29) is 0 Å². The van der Waals surface area contributed by atoms with Gasteiger partial charge in [-0.15, -0.1) is 0 Å². The third kappa shape index (κ3) is 5.34. The SMILES string of the molecule is CCCCCCc1ccccc1/C=C/C(=O)[O-]. The van der Waals surface area contributed by atoms with E-state index in [1.54, 1.807) is 6.08 Å². The molecule has 2 nitrogen and oxygen atoms in total. The summed E-state index contributed by atoms with van der Waals surface area (Å²) in [6, 6.07) is 7.91.